The van der Waals surface area contributed by atoms with Crippen molar-refractivity contribution in [1.29, 1.82) is 0 Å². The Morgan fingerprint density at radius 2 is 1.91 bits per heavy atom. The third kappa shape index (κ3) is 3.09. The molecule has 124 valence electrons. The predicted molar refractivity (Wildman–Crippen MR) is 82.1 cm³/mol. The van der Waals surface area contributed by atoms with Crippen LogP contribution in [0.5, 0.6) is 5.88 Å². The van der Waals surface area contributed by atoms with Crippen LogP contribution in [0.3, 0.4) is 0 Å². The standard InChI is InChI=1S/C16H21N3O4/c1-16(2,3)23-15(22)18-8-11-6-12(9-18)19(11)14(21)10-4-5-13(20)17-7-10/h4-5,7,11-12H,6,8-9H2,1-3H3,(H,17,20). The van der Waals surface area contributed by atoms with Crippen LogP contribution < -0.4 is 0 Å². The fourth-order valence-corrected chi connectivity index (χ4v) is 3.08. The highest BCUT2D eigenvalue weighted by atomic mass is 16.6. The lowest BCUT2D eigenvalue weighted by atomic mass is 9.87. The topological polar surface area (TPSA) is 83.0 Å². The quantitative estimate of drug-likeness (QED) is 0.850. The molecule has 1 N–H and O–H groups in total. The summed E-state index contributed by atoms with van der Waals surface area (Å²) in [6.07, 6.45) is 1.94. The number of piperidine rings is 1. The molecule has 4 heterocycles. The third-order valence-electron chi connectivity index (χ3n) is 4.07. The zero-order valence-electron chi connectivity index (χ0n) is 13.5. The van der Waals surface area contributed by atoms with Crippen molar-refractivity contribution in [2.75, 3.05) is 13.1 Å². The van der Waals surface area contributed by atoms with E-state index < -0.39 is 5.60 Å². The number of rotatable bonds is 1. The Balaban J connectivity index is 1.64. The number of hydrogen-bond acceptors (Lipinski definition) is 5. The minimum atomic E-state index is -0.522. The lowest BCUT2D eigenvalue weighted by Gasteiger charge is -2.55. The van der Waals surface area contributed by atoms with Gasteiger partial charge in [-0.15, -0.1) is 0 Å². The summed E-state index contributed by atoms with van der Waals surface area (Å²) in [5.74, 6) is -0.218. The van der Waals surface area contributed by atoms with Crippen molar-refractivity contribution in [1.82, 2.24) is 14.8 Å². The summed E-state index contributed by atoms with van der Waals surface area (Å²) in [4.78, 5) is 31.9. The molecular formula is C16H21N3O4. The van der Waals surface area contributed by atoms with Gasteiger partial charge in [0.05, 0.1) is 17.6 Å². The van der Waals surface area contributed by atoms with Crippen LogP contribution in [0.2, 0.25) is 0 Å². The normalized spacial score (nSPS) is 23.3. The second kappa shape index (κ2) is 5.40. The summed E-state index contributed by atoms with van der Waals surface area (Å²) in [6.45, 7) is 6.49. The first-order valence-corrected chi connectivity index (χ1v) is 7.70. The summed E-state index contributed by atoms with van der Waals surface area (Å²) in [5.41, 5.74) is -0.0745. The lowest BCUT2D eigenvalue weighted by Crippen LogP contribution is -2.71. The van der Waals surface area contributed by atoms with Crippen molar-refractivity contribution >= 4 is 12.0 Å². The van der Waals surface area contributed by atoms with Crippen LogP contribution in [0.15, 0.2) is 18.3 Å². The number of fused-ring (bicyclic) bond motifs is 2. The molecular weight excluding hydrogens is 298 g/mol. The van der Waals surface area contributed by atoms with Gasteiger partial charge in [-0.2, -0.15) is 0 Å². The molecule has 1 aromatic rings. The van der Waals surface area contributed by atoms with Crippen molar-refractivity contribution in [3.63, 3.8) is 0 Å². The van der Waals surface area contributed by atoms with Gasteiger partial charge in [-0.05, 0) is 33.3 Å². The summed E-state index contributed by atoms with van der Waals surface area (Å²) in [7, 11) is 0. The minimum Gasteiger partial charge on any atom is -0.493 e. The van der Waals surface area contributed by atoms with Gasteiger partial charge < -0.3 is 19.6 Å². The Morgan fingerprint density at radius 3 is 2.43 bits per heavy atom. The number of nitrogens with zero attached hydrogens (tertiary/aromatic N) is 3. The highest BCUT2D eigenvalue weighted by molar-refractivity contribution is 5.95. The van der Waals surface area contributed by atoms with E-state index in [2.05, 4.69) is 4.98 Å². The molecule has 3 saturated heterocycles. The van der Waals surface area contributed by atoms with E-state index in [1.165, 1.54) is 12.3 Å². The molecule has 0 aromatic carbocycles. The molecule has 0 saturated carbocycles. The van der Waals surface area contributed by atoms with E-state index >= 15 is 0 Å². The number of pyridine rings is 1. The highest BCUT2D eigenvalue weighted by Gasteiger charge is 2.49. The lowest BCUT2D eigenvalue weighted by molar-refractivity contribution is -0.0558. The molecule has 7 heteroatoms. The van der Waals surface area contributed by atoms with Crippen molar-refractivity contribution in [3.05, 3.63) is 23.9 Å². The molecule has 0 spiro atoms. The van der Waals surface area contributed by atoms with Gasteiger partial charge in [-0.3, -0.25) is 4.79 Å². The molecule has 3 fully saturated rings. The summed E-state index contributed by atoms with van der Waals surface area (Å²) >= 11 is 0. The smallest absolute Gasteiger partial charge is 0.410 e. The van der Waals surface area contributed by atoms with Crippen LogP contribution in [-0.4, -0.2) is 62.7 Å². The van der Waals surface area contributed by atoms with Gasteiger partial charge in [0, 0.05) is 25.4 Å². The van der Waals surface area contributed by atoms with E-state index in [-0.39, 0.29) is 30.0 Å². The molecule has 4 rings (SSSR count). The monoisotopic (exact) mass is 319 g/mol. The maximum atomic E-state index is 12.5. The molecule has 3 aliphatic heterocycles. The van der Waals surface area contributed by atoms with Crippen LogP contribution in [0.4, 0.5) is 4.79 Å². The van der Waals surface area contributed by atoms with Gasteiger partial charge in [-0.25, -0.2) is 9.78 Å². The molecule has 2 bridgehead atoms. The Labute approximate surface area is 134 Å². The molecule has 23 heavy (non-hydrogen) atoms. The summed E-state index contributed by atoms with van der Waals surface area (Å²) < 4.78 is 5.39. The number of carbonyl (C=O) groups is 2. The number of aromatic nitrogens is 1. The van der Waals surface area contributed by atoms with Gasteiger partial charge in [-0.1, -0.05) is 0 Å². The summed E-state index contributed by atoms with van der Waals surface area (Å²) in [6, 6.07) is 2.99. The van der Waals surface area contributed by atoms with Crippen molar-refractivity contribution in [3.8, 4) is 5.88 Å². The molecule has 7 nitrogen and oxygen atoms in total. The molecule has 0 aliphatic carbocycles. The number of hydrogen-bond donors (Lipinski definition) is 1. The highest BCUT2D eigenvalue weighted by Crippen LogP contribution is 2.34. The average molecular weight is 319 g/mol. The van der Waals surface area contributed by atoms with Crippen LogP contribution in [0, 0.1) is 0 Å². The van der Waals surface area contributed by atoms with Crippen LogP contribution >= 0.6 is 0 Å². The number of piperazine rings is 1. The Bertz CT molecular complexity index is 611. The van der Waals surface area contributed by atoms with E-state index in [1.54, 1.807) is 15.9 Å². The Kier molecular flexibility index (Phi) is 3.66. The van der Waals surface area contributed by atoms with Gasteiger partial charge in [0.15, 0.2) is 0 Å². The van der Waals surface area contributed by atoms with E-state index in [0.717, 1.165) is 6.42 Å². The SMILES string of the molecule is CC(C)(C)OC(=O)N1CC2CC(C1)N2C(=O)c1ccc(O)nc1. The van der Waals surface area contributed by atoms with Gasteiger partial charge in [0.1, 0.15) is 5.60 Å². The Hall–Kier alpha value is -2.31. The molecule has 1 aromatic heterocycles. The fraction of sp³-hybridized carbons (Fsp3) is 0.562. The zero-order valence-corrected chi connectivity index (χ0v) is 13.5. The third-order valence-corrected chi connectivity index (χ3v) is 4.07. The van der Waals surface area contributed by atoms with Crippen LogP contribution in [0.25, 0.3) is 0 Å². The molecule has 3 aliphatic rings. The number of ether oxygens (including phenoxy) is 1. The molecule has 2 atom stereocenters. The summed E-state index contributed by atoms with van der Waals surface area (Å²) in [5, 5.41) is 9.20. The average Bonchev–Trinajstić information content (AvgIpc) is 2.46. The van der Waals surface area contributed by atoms with Gasteiger partial charge in [0.25, 0.3) is 5.91 Å². The largest absolute Gasteiger partial charge is 0.493 e. The van der Waals surface area contributed by atoms with Crippen molar-refractivity contribution in [2.24, 2.45) is 0 Å². The maximum Gasteiger partial charge on any atom is 0.410 e. The Morgan fingerprint density at radius 1 is 1.26 bits per heavy atom. The minimum absolute atomic E-state index is 0.0163. The fourth-order valence-electron chi connectivity index (χ4n) is 3.08. The second-order valence-electron chi connectivity index (χ2n) is 7.05. The van der Waals surface area contributed by atoms with Gasteiger partial charge >= 0.3 is 6.09 Å². The van der Waals surface area contributed by atoms with E-state index in [9.17, 15) is 14.7 Å². The molecule has 2 unspecified atom stereocenters. The van der Waals surface area contributed by atoms with Gasteiger partial charge in [0.2, 0.25) is 5.88 Å². The van der Waals surface area contributed by atoms with E-state index in [1.807, 2.05) is 20.8 Å². The predicted octanol–water partition coefficient (Wildman–Crippen LogP) is 1.62. The number of amides is 2. The van der Waals surface area contributed by atoms with Crippen molar-refractivity contribution < 1.29 is 19.4 Å². The second-order valence-corrected chi connectivity index (χ2v) is 7.05. The number of carbonyl (C=O) groups excluding carboxylic acids is 2. The number of aromatic hydroxyl groups is 1. The van der Waals surface area contributed by atoms with Crippen LogP contribution in [-0.2, 0) is 4.74 Å². The van der Waals surface area contributed by atoms with Crippen molar-refractivity contribution in [2.45, 2.75) is 44.9 Å². The first-order valence-electron chi connectivity index (χ1n) is 7.70. The maximum absolute atomic E-state index is 12.5. The van der Waals surface area contributed by atoms with E-state index in [4.69, 9.17) is 4.74 Å². The van der Waals surface area contributed by atoms with E-state index in [0.29, 0.717) is 18.7 Å². The molecule has 0 radical (unpaired) electrons. The zero-order chi connectivity index (χ0) is 16.8. The molecule has 2 amide bonds. The first-order chi connectivity index (χ1) is 10.7. The first kappa shape index (κ1) is 15.6. The van der Waals surface area contributed by atoms with Crippen LogP contribution in [0.1, 0.15) is 37.6 Å².